The first-order valence-corrected chi connectivity index (χ1v) is 9.15. The molecule has 2 aromatic carbocycles. The van der Waals surface area contributed by atoms with Gasteiger partial charge in [-0.1, -0.05) is 24.6 Å². The van der Waals surface area contributed by atoms with Gasteiger partial charge in [-0.25, -0.2) is 0 Å². The van der Waals surface area contributed by atoms with Crippen LogP contribution >= 0.6 is 0 Å². The number of methoxy groups -OCH3 is 2. The number of benzene rings is 2. The maximum atomic E-state index is 12.8. The highest BCUT2D eigenvalue weighted by Gasteiger charge is 2.23. The van der Waals surface area contributed by atoms with E-state index in [-0.39, 0.29) is 11.9 Å². The van der Waals surface area contributed by atoms with Crippen LogP contribution in [0.3, 0.4) is 0 Å². The smallest absolute Gasteiger partial charge is 0.261 e. The first-order chi connectivity index (χ1) is 12.9. The molecule has 0 spiro atoms. The molecule has 146 valence electrons. The summed E-state index contributed by atoms with van der Waals surface area (Å²) in [6.45, 7) is 7.87. The van der Waals surface area contributed by atoms with Crippen LogP contribution in [0, 0.1) is 13.8 Å². The topological polar surface area (TPSA) is 56.8 Å². The van der Waals surface area contributed by atoms with Crippen LogP contribution < -0.4 is 19.5 Å². The van der Waals surface area contributed by atoms with Gasteiger partial charge in [-0.15, -0.1) is 0 Å². The number of aryl methyl sites for hydroxylation is 2. The van der Waals surface area contributed by atoms with E-state index < -0.39 is 6.10 Å². The molecular weight excluding hydrogens is 342 g/mol. The highest BCUT2D eigenvalue weighted by Crippen LogP contribution is 2.29. The van der Waals surface area contributed by atoms with Gasteiger partial charge >= 0.3 is 0 Å². The van der Waals surface area contributed by atoms with Crippen LogP contribution in [-0.2, 0) is 4.79 Å². The molecule has 0 fully saturated rings. The molecule has 2 atom stereocenters. The lowest BCUT2D eigenvalue weighted by atomic mass is 10.1. The van der Waals surface area contributed by atoms with Crippen LogP contribution in [0.2, 0.25) is 0 Å². The number of hydrogen-bond donors (Lipinski definition) is 1. The second-order valence-electron chi connectivity index (χ2n) is 6.62. The van der Waals surface area contributed by atoms with Gasteiger partial charge in [0.25, 0.3) is 5.91 Å². The number of carbonyl (C=O) groups excluding carboxylic acids is 1. The zero-order valence-electron chi connectivity index (χ0n) is 17.0. The first kappa shape index (κ1) is 20.6. The maximum Gasteiger partial charge on any atom is 0.261 e. The van der Waals surface area contributed by atoms with Crippen LogP contribution in [0.1, 0.15) is 43.0 Å². The van der Waals surface area contributed by atoms with Crippen LogP contribution in [0.5, 0.6) is 17.2 Å². The Morgan fingerprint density at radius 3 is 2.33 bits per heavy atom. The fraction of sp³-hybridized carbons (Fsp3) is 0.409. The third kappa shape index (κ3) is 5.16. The van der Waals surface area contributed by atoms with Crippen molar-refractivity contribution in [1.82, 2.24) is 5.32 Å². The molecule has 0 aromatic heterocycles. The molecule has 2 rings (SSSR count). The zero-order valence-corrected chi connectivity index (χ0v) is 17.0. The maximum absolute atomic E-state index is 12.8. The molecular formula is C22H29NO4. The summed E-state index contributed by atoms with van der Waals surface area (Å²) in [5, 5.41) is 3.02. The summed E-state index contributed by atoms with van der Waals surface area (Å²) in [4.78, 5) is 12.8. The summed E-state index contributed by atoms with van der Waals surface area (Å²) in [7, 11) is 3.22. The minimum atomic E-state index is -0.564. The zero-order chi connectivity index (χ0) is 20.0. The molecule has 27 heavy (non-hydrogen) atoms. The van der Waals surface area contributed by atoms with E-state index in [1.54, 1.807) is 14.2 Å². The third-order valence-electron chi connectivity index (χ3n) is 4.53. The van der Waals surface area contributed by atoms with Gasteiger partial charge in [-0.2, -0.15) is 0 Å². The van der Waals surface area contributed by atoms with Crippen molar-refractivity contribution in [1.29, 1.82) is 0 Å². The second kappa shape index (κ2) is 9.31. The fourth-order valence-electron chi connectivity index (χ4n) is 2.97. The molecule has 2 unspecified atom stereocenters. The molecule has 0 saturated heterocycles. The second-order valence-corrected chi connectivity index (χ2v) is 6.62. The quantitative estimate of drug-likeness (QED) is 0.749. The van der Waals surface area contributed by atoms with Crippen molar-refractivity contribution in [3.05, 3.63) is 53.1 Å². The number of rotatable bonds is 8. The molecule has 1 N–H and O–H groups in total. The Kier molecular flexibility index (Phi) is 7.11. The van der Waals surface area contributed by atoms with Crippen molar-refractivity contribution < 1.29 is 19.0 Å². The Bertz CT molecular complexity index is 788. The molecule has 0 aliphatic rings. The lowest BCUT2D eigenvalue weighted by Gasteiger charge is -2.23. The lowest BCUT2D eigenvalue weighted by Crippen LogP contribution is -2.39. The number of nitrogens with one attached hydrogen (secondary N) is 1. The van der Waals surface area contributed by atoms with E-state index >= 15 is 0 Å². The van der Waals surface area contributed by atoms with E-state index in [2.05, 4.69) is 5.32 Å². The molecule has 0 saturated carbocycles. The number of amides is 1. The average Bonchev–Trinajstić information content (AvgIpc) is 2.66. The van der Waals surface area contributed by atoms with E-state index in [0.717, 1.165) is 22.4 Å². The molecule has 5 heteroatoms. The Morgan fingerprint density at radius 1 is 1.04 bits per heavy atom. The van der Waals surface area contributed by atoms with Gasteiger partial charge in [0.05, 0.1) is 20.3 Å². The highest BCUT2D eigenvalue weighted by atomic mass is 16.5. The summed E-state index contributed by atoms with van der Waals surface area (Å²) < 4.78 is 16.7. The molecule has 0 bridgehead atoms. The average molecular weight is 371 g/mol. The summed E-state index contributed by atoms with van der Waals surface area (Å²) in [5.74, 6) is 1.99. The Morgan fingerprint density at radius 2 is 1.74 bits per heavy atom. The molecule has 1 amide bonds. The highest BCUT2D eigenvalue weighted by molar-refractivity contribution is 5.81. The van der Waals surface area contributed by atoms with Crippen LogP contribution in [0.25, 0.3) is 0 Å². The molecule has 0 aliphatic carbocycles. The van der Waals surface area contributed by atoms with Crippen molar-refractivity contribution in [2.24, 2.45) is 0 Å². The van der Waals surface area contributed by atoms with E-state index in [9.17, 15) is 4.79 Å². The predicted octanol–water partition coefficient (Wildman–Crippen LogP) is 4.36. The Labute approximate surface area is 161 Å². The van der Waals surface area contributed by atoms with Crippen molar-refractivity contribution in [2.75, 3.05) is 14.2 Å². The van der Waals surface area contributed by atoms with Crippen LogP contribution in [0.4, 0.5) is 0 Å². The minimum absolute atomic E-state index is 0.158. The van der Waals surface area contributed by atoms with E-state index in [1.807, 2.05) is 64.1 Å². The van der Waals surface area contributed by atoms with Crippen molar-refractivity contribution in [2.45, 2.75) is 46.3 Å². The molecule has 0 heterocycles. The minimum Gasteiger partial charge on any atom is -0.497 e. The SMILES string of the molecule is CCC(Oc1ccc(C)cc1C)C(=O)NC(C)c1cc(OC)ccc1OC. The number of carbonyl (C=O) groups is 1. The fourth-order valence-corrected chi connectivity index (χ4v) is 2.97. The summed E-state index contributed by atoms with van der Waals surface area (Å²) in [6, 6.07) is 11.2. The lowest BCUT2D eigenvalue weighted by molar-refractivity contribution is -0.128. The number of hydrogen-bond acceptors (Lipinski definition) is 4. The molecule has 5 nitrogen and oxygen atoms in total. The monoisotopic (exact) mass is 371 g/mol. The van der Waals surface area contributed by atoms with E-state index in [0.29, 0.717) is 17.9 Å². The van der Waals surface area contributed by atoms with Gasteiger partial charge < -0.3 is 19.5 Å². The summed E-state index contributed by atoms with van der Waals surface area (Å²) >= 11 is 0. The molecule has 0 aliphatic heterocycles. The number of ether oxygens (including phenoxy) is 3. The van der Waals surface area contributed by atoms with Crippen molar-refractivity contribution in [3.63, 3.8) is 0 Å². The Balaban J connectivity index is 2.14. The van der Waals surface area contributed by atoms with Crippen molar-refractivity contribution in [3.8, 4) is 17.2 Å². The van der Waals surface area contributed by atoms with Gasteiger partial charge in [0.2, 0.25) is 0 Å². The van der Waals surface area contributed by atoms with Crippen LogP contribution in [0.15, 0.2) is 36.4 Å². The van der Waals surface area contributed by atoms with Gasteiger partial charge in [0.1, 0.15) is 17.2 Å². The predicted molar refractivity (Wildman–Crippen MR) is 107 cm³/mol. The Hall–Kier alpha value is -2.69. The van der Waals surface area contributed by atoms with Gasteiger partial charge in [-0.05, 0) is 57.0 Å². The third-order valence-corrected chi connectivity index (χ3v) is 4.53. The van der Waals surface area contributed by atoms with Gasteiger partial charge in [0, 0.05) is 5.56 Å². The summed E-state index contributed by atoms with van der Waals surface area (Å²) in [6.07, 6.45) is 0.00616. The van der Waals surface area contributed by atoms with E-state index in [1.165, 1.54) is 0 Å². The standard InChI is InChI=1S/C22H29NO4/c1-7-19(27-20-10-8-14(2)12-15(20)3)22(24)23-16(4)18-13-17(25-5)9-11-21(18)26-6/h8-13,16,19H,7H2,1-6H3,(H,23,24). The van der Waals surface area contributed by atoms with Crippen molar-refractivity contribution >= 4 is 5.91 Å². The van der Waals surface area contributed by atoms with Gasteiger partial charge in [0.15, 0.2) is 6.10 Å². The normalized spacial score (nSPS) is 12.8. The molecule has 0 radical (unpaired) electrons. The van der Waals surface area contributed by atoms with Gasteiger partial charge in [-0.3, -0.25) is 4.79 Å². The molecule has 2 aromatic rings. The van der Waals surface area contributed by atoms with E-state index in [4.69, 9.17) is 14.2 Å². The van der Waals surface area contributed by atoms with Crippen LogP contribution in [-0.4, -0.2) is 26.2 Å². The first-order valence-electron chi connectivity index (χ1n) is 9.15. The summed E-state index contributed by atoms with van der Waals surface area (Å²) in [5.41, 5.74) is 3.03. The largest absolute Gasteiger partial charge is 0.497 e.